The van der Waals surface area contributed by atoms with Crippen LogP contribution < -0.4 is 13.7 Å². The minimum Gasteiger partial charge on any atom is -0.496 e. The molecule has 0 saturated heterocycles. The molecule has 5 rings (SSSR count). The van der Waals surface area contributed by atoms with Crippen molar-refractivity contribution in [3.63, 3.8) is 0 Å². The Bertz CT molecular complexity index is 1100. The average molecular weight is 434 g/mol. The second kappa shape index (κ2) is 8.48. The number of fused-ring (bicyclic) bond motifs is 4. The lowest BCUT2D eigenvalue weighted by Crippen LogP contribution is -2.39. The zero-order valence-electron chi connectivity index (χ0n) is 18.2. The molecule has 2 heterocycles. The molecule has 0 bridgehead atoms. The van der Waals surface area contributed by atoms with Crippen molar-refractivity contribution in [2.24, 2.45) is 0 Å². The minimum atomic E-state index is 0.270. The first-order valence-electron chi connectivity index (χ1n) is 10.7. The van der Waals surface area contributed by atoms with Crippen LogP contribution >= 0.6 is 12.0 Å². The van der Waals surface area contributed by atoms with Crippen LogP contribution in [0.1, 0.15) is 33.9 Å². The van der Waals surface area contributed by atoms with E-state index < -0.39 is 0 Å². The van der Waals surface area contributed by atoms with Crippen molar-refractivity contribution in [3.05, 3.63) is 82.4 Å². The molecule has 160 valence electrons. The van der Waals surface area contributed by atoms with Crippen LogP contribution in [0.5, 0.6) is 17.2 Å². The first-order valence-corrected chi connectivity index (χ1v) is 11.4. The summed E-state index contributed by atoms with van der Waals surface area (Å²) in [6.45, 7) is 3.99. The molecule has 1 atom stereocenters. The second-order valence-corrected chi connectivity index (χ2v) is 8.98. The number of benzene rings is 3. The highest BCUT2D eigenvalue weighted by Gasteiger charge is 2.36. The van der Waals surface area contributed by atoms with Crippen LogP contribution in [0.25, 0.3) is 0 Å². The fourth-order valence-corrected chi connectivity index (χ4v) is 5.37. The summed E-state index contributed by atoms with van der Waals surface area (Å²) >= 11 is 1.42. The van der Waals surface area contributed by atoms with Gasteiger partial charge in [0.15, 0.2) is 0 Å². The lowest BCUT2D eigenvalue weighted by Gasteiger charge is -2.42. The molecule has 5 heteroatoms. The largest absolute Gasteiger partial charge is 0.496 e. The van der Waals surface area contributed by atoms with E-state index in [-0.39, 0.29) is 6.04 Å². The van der Waals surface area contributed by atoms with Gasteiger partial charge in [-0.3, -0.25) is 4.90 Å². The minimum absolute atomic E-state index is 0.270. The molecule has 3 aromatic rings. The molecule has 3 aromatic carbocycles. The number of rotatable bonds is 5. The summed E-state index contributed by atoms with van der Waals surface area (Å²) < 4.78 is 17.7. The van der Waals surface area contributed by atoms with Gasteiger partial charge in [0.1, 0.15) is 17.2 Å². The van der Waals surface area contributed by atoms with Crippen molar-refractivity contribution in [2.75, 3.05) is 20.8 Å². The third-order valence-electron chi connectivity index (χ3n) is 6.39. The molecule has 0 spiro atoms. The van der Waals surface area contributed by atoms with Gasteiger partial charge in [-0.15, -0.1) is 0 Å². The third kappa shape index (κ3) is 3.77. The van der Waals surface area contributed by atoms with E-state index >= 15 is 0 Å². The molecule has 0 aliphatic carbocycles. The molecule has 0 saturated carbocycles. The molecule has 31 heavy (non-hydrogen) atoms. The zero-order chi connectivity index (χ0) is 21.4. The molecular weight excluding hydrogens is 406 g/mol. The lowest BCUT2D eigenvalue weighted by atomic mass is 9.83. The number of aryl methyl sites for hydroxylation is 1. The smallest absolute Gasteiger partial charge is 0.143 e. The van der Waals surface area contributed by atoms with Gasteiger partial charge in [-0.2, -0.15) is 0 Å². The van der Waals surface area contributed by atoms with E-state index in [1.54, 1.807) is 14.2 Å². The van der Waals surface area contributed by atoms with Crippen molar-refractivity contribution in [1.29, 1.82) is 0 Å². The maximum atomic E-state index is 6.32. The Morgan fingerprint density at radius 1 is 0.871 bits per heavy atom. The summed E-state index contributed by atoms with van der Waals surface area (Å²) in [4.78, 5) is 3.65. The first kappa shape index (κ1) is 20.3. The predicted octanol–water partition coefficient (Wildman–Crippen LogP) is 5.75. The van der Waals surface area contributed by atoms with E-state index in [1.165, 1.54) is 39.9 Å². The molecular formula is C26H27NO3S. The Kier molecular flexibility index (Phi) is 5.55. The standard InChI is InChI=1S/C26H27NO3S/c1-17-7-9-19(10-8-17)31-30-25-12-11-24(29-3)20-13-14-27-16-21-18(15-22(27)26(20)25)5-4-6-23(21)28-2/h4-12,22H,13-16H2,1-3H3. The van der Waals surface area contributed by atoms with Crippen molar-refractivity contribution < 1.29 is 13.7 Å². The van der Waals surface area contributed by atoms with Crippen molar-refractivity contribution in [2.45, 2.75) is 37.2 Å². The molecule has 0 amide bonds. The summed E-state index contributed by atoms with van der Waals surface area (Å²) in [6.07, 6.45) is 1.89. The van der Waals surface area contributed by atoms with Gasteiger partial charge >= 0.3 is 0 Å². The first-order chi connectivity index (χ1) is 15.2. The van der Waals surface area contributed by atoms with Crippen LogP contribution in [0.15, 0.2) is 59.5 Å². The Morgan fingerprint density at radius 2 is 1.61 bits per heavy atom. The topological polar surface area (TPSA) is 30.9 Å². The lowest BCUT2D eigenvalue weighted by molar-refractivity contribution is 0.155. The number of hydrogen-bond donors (Lipinski definition) is 0. The summed E-state index contributed by atoms with van der Waals surface area (Å²) in [5, 5.41) is 0. The SMILES string of the molecule is COc1cccc2c1CN1CCc3c(OC)ccc(OSc4ccc(C)cc4)c3C1C2. The van der Waals surface area contributed by atoms with E-state index in [9.17, 15) is 0 Å². The van der Waals surface area contributed by atoms with Gasteiger partial charge in [0.05, 0.1) is 26.3 Å². The van der Waals surface area contributed by atoms with Gasteiger partial charge in [-0.25, -0.2) is 0 Å². The second-order valence-electron chi connectivity index (χ2n) is 8.18. The van der Waals surface area contributed by atoms with Crippen LogP contribution in [0.4, 0.5) is 0 Å². The molecule has 2 aliphatic rings. The van der Waals surface area contributed by atoms with Gasteiger partial charge in [0, 0.05) is 40.7 Å². The monoisotopic (exact) mass is 433 g/mol. The van der Waals surface area contributed by atoms with Crippen LogP contribution in [0.3, 0.4) is 0 Å². The van der Waals surface area contributed by atoms with Crippen molar-refractivity contribution in [1.82, 2.24) is 4.90 Å². The average Bonchev–Trinajstić information content (AvgIpc) is 2.81. The summed E-state index contributed by atoms with van der Waals surface area (Å²) in [7, 11) is 3.51. The predicted molar refractivity (Wildman–Crippen MR) is 124 cm³/mol. The van der Waals surface area contributed by atoms with Gasteiger partial charge in [-0.1, -0.05) is 29.8 Å². The molecule has 1 unspecified atom stereocenters. The molecule has 0 radical (unpaired) electrons. The van der Waals surface area contributed by atoms with Crippen LogP contribution in [-0.2, 0) is 19.4 Å². The Balaban J connectivity index is 1.51. The van der Waals surface area contributed by atoms with E-state index in [2.05, 4.69) is 60.4 Å². The van der Waals surface area contributed by atoms with E-state index in [1.807, 2.05) is 6.07 Å². The van der Waals surface area contributed by atoms with Gasteiger partial charge in [0.2, 0.25) is 0 Å². The highest BCUT2D eigenvalue weighted by Crippen LogP contribution is 2.47. The fraction of sp³-hybridized carbons (Fsp3) is 0.308. The zero-order valence-corrected chi connectivity index (χ0v) is 19.0. The Labute approximate surface area is 188 Å². The Morgan fingerprint density at radius 3 is 2.39 bits per heavy atom. The number of methoxy groups -OCH3 is 2. The van der Waals surface area contributed by atoms with Gasteiger partial charge in [0.25, 0.3) is 0 Å². The Hall–Kier alpha value is -2.63. The maximum Gasteiger partial charge on any atom is 0.143 e. The summed E-state index contributed by atoms with van der Waals surface area (Å²) in [6, 6.07) is 19.2. The van der Waals surface area contributed by atoms with Crippen molar-refractivity contribution in [3.8, 4) is 17.2 Å². The van der Waals surface area contributed by atoms with Crippen molar-refractivity contribution >= 4 is 12.0 Å². The number of hydrogen-bond acceptors (Lipinski definition) is 5. The van der Waals surface area contributed by atoms with E-state index in [0.29, 0.717) is 0 Å². The van der Waals surface area contributed by atoms with Crippen LogP contribution in [0, 0.1) is 6.92 Å². The summed E-state index contributed by atoms with van der Waals surface area (Å²) in [5.74, 6) is 2.87. The number of ether oxygens (including phenoxy) is 2. The maximum absolute atomic E-state index is 6.32. The highest BCUT2D eigenvalue weighted by atomic mass is 32.2. The molecule has 4 nitrogen and oxygen atoms in total. The molecule has 0 N–H and O–H groups in total. The quantitative estimate of drug-likeness (QED) is 0.478. The number of nitrogens with zero attached hydrogens (tertiary/aromatic N) is 1. The highest BCUT2D eigenvalue weighted by molar-refractivity contribution is 7.95. The van der Waals surface area contributed by atoms with Gasteiger partial charge in [-0.05, 0) is 55.7 Å². The van der Waals surface area contributed by atoms with Crippen LogP contribution in [-0.4, -0.2) is 25.7 Å². The molecule has 2 aliphatic heterocycles. The van der Waals surface area contributed by atoms with E-state index in [0.717, 1.165) is 48.1 Å². The summed E-state index contributed by atoms with van der Waals surface area (Å²) in [5.41, 5.74) is 6.45. The third-order valence-corrected chi connectivity index (χ3v) is 7.12. The normalized spacial score (nSPS) is 17.3. The van der Waals surface area contributed by atoms with Gasteiger partial charge < -0.3 is 13.7 Å². The molecule has 0 fully saturated rings. The fourth-order valence-electron chi connectivity index (χ4n) is 4.80. The van der Waals surface area contributed by atoms with E-state index in [4.69, 9.17) is 13.7 Å². The molecule has 0 aromatic heterocycles. The van der Waals surface area contributed by atoms with Crippen LogP contribution in [0.2, 0.25) is 0 Å².